The van der Waals surface area contributed by atoms with E-state index in [4.69, 9.17) is 0 Å². The van der Waals surface area contributed by atoms with E-state index >= 15 is 0 Å². The fraction of sp³-hybridized carbons (Fsp3) is 0.667. The number of thiol groups is 1. The average molecular weight is 158 g/mol. The fourth-order valence-corrected chi connectivity index (χ4v) is 0.933. The molecule has 3 nitrogen and oxygen atoms in total. The zero-order valence-corrected chi connectivity index (χ0v) is 6.93. The highest BCUT2D eigenvalue weighted by molar-refractivity contribution is 7.96. The summed E-state index contributed by atoms with van der Waals surface area (Å²) >= 11 is 3.64. The van der Waals surface area contributed by atoms with Gasteiger partial charge in [-0.1, -0.05) is 26.5 Å². The van der Waals surface area contributed by atoms with E-state index in [0.717, 1.165) is 0 Å². The lowest BCUT2D eigenvalue weighted by atomic mass is 9.97. The molecular weight excluding hydrogens is 148 g/mol. The molecule has 4 heteroatoms. The Kier molecular flexibility index (Phi) is 1.72. The number of amides is 1. The second-order valence-electron chi connectivity index (χ2n) is 3.07. The summed E-state index contributed by atoms with van der Waals surface area (Å²) in [6.45, 7) is 4.68. The Morgan fingerprint density at radius 3 is 2.60 bits per heavy atom. The predicted octanol–water partition coefficient (Wildman–Crippen LogP) is 1.36. The zero-order valence-electron chi connectivity index (χ0n) is 6.03. The zero-order chi connectivity index (χ0) is 7.78. The number of hydrogen-bond donors (Lipinski definition) is 1. The first-order valence-electron chi connectivity index (χ1n) is 3.07. The summed E-state index contributed by atoms with van der Waals surface area (Å²) in [5.41, 5.74) is 0.0123. The number of carbonyl (C=O) groups is 1. The second-order valence-corrected chi connectivity index (χ2v) is 3.46. The molecular formula is C6H10N2OS. The van der Waals surface area contributed by atoms with Crippen LogP contribution in [-0.4, -0.2) is 23.0 Å². The van der Waals surface area contributed by atoms with Gasteiger partial charge in [0.2, 0.25) is 0 Å². The summed E-state index contributed by atoms with van der Waals surface area (Å²) in [5.74, 6) is 0. The van der Waals surface area contributed by atoms with Crippen molar-refractivity contribution in [2.24, 2.45) is 10.5 Å². The number of nitrogens with zero attached hydrogens (tertiary/aromatic N) is 2. The number of hydrogen-bond acceptors (Lipinski definition) is 2. The van der Waals surface area contributed by atoms with Crippen LogP contribution >= 0.6 is 12.6 Å². The van der Waals surface area contributed by atoms with Crippen LogP contribution in [-0.2, 0) is 0 Å². The van der Waals surface area contributed by atoms with Crippen LogP contribution in [0.5, 0.6) is 0 Å². The van der Waals surface area contributed by atoms with Crippen LogP contribution in [0.15, 0.2) is 5.10 Å². The third-order valence-corrected chi connectivity index (χ3v) is 1.56. The van der Waals surface area contributed by atoms with Gasteiger partial charge in [-0.15, -0.1) is 0 Å². The first-order chi connectivity index (χ1) is 4.51. The van der Waals surface area contributed by atoms with Crippen LogP contribution in [0.4, 0.5) is 4.79 Å². The fourth-order valence-electron chi connectivity index (χ4n) is 0.811. The first kappa shape index (κ1) is 7.60. The van der Waals surface area contributed by atoms with Gasteiger partial charge in [0.15, 0.2) is 0 Å². The van der Waals surface area contributed by atoms with Crippen molar-refractivity contribution in [2.75, 3.05) is 6.54 Å². The smallest absolute Gasteiger partial charge is 0.260 e. The van der Waals surface area contributed by atoms with E-state index < -0.39 is 0 Å². The lowest BCUT2D eigenvalue weighted by molar-refractivity contribution is 0.222. The molecule has 1 amide bonds. The Bertz CT molecular complexity index is 188. The van der Waals surface area contributed by atoms with Gasteiger partial charge in [-0.05, 0) is 0 Å². The predicted molar refractivity (Wildman–Crippen MR) is 43.4 cm³/mol. The number of rotatable bonds is 0. The van der Waals surface area contributed by atoms with E-state index in [9.17, 15) is 4.79 Å². The monoisotopic (exact) mass is 158 g/mol. The lowest BCUT2D eigenvalue weighted by Crippen LogP contribution is -2.25. The maximum Gasteiger partial charge on any atom is 0.298 e. The number of carbonyl (C=O) groups excluding carboxylic acids is 1. The molecule has 10 heavy (non-hydrogen) atoms. The molecule has 0 radical (unpaired) electrons. The van der Waals surface area contributed by atoms with Crippen molar-refractivity contribution < 1.29 is 4.79 Å². The summed E-state index contributed by atoms with van der Waals surface area (Å²) in [7, 11) is 0. The lowest BCUT2D eigenvalue weighted by Gasteiger charge is -2.14. The summed E-state index contributed by atoms with van der Waals surface area (Å²) in [6, 6.07) is 0. The molecule has 0 atom stereocenters. The van der Waals surface area contributed by atoms with Crippen molar-refractivity contribution >= 4 is 24.1 Å². The van der Waals surface area contributed by atoms with Gasteiger partial charge in [0.05, 0.1) is 6.54 Å². The Balaban J connectivity index is 2.62. The molecule has 0 spiro atoms. The topological polar surface area (TPSA) is 32.7 Å². The minimum absolute atomic E-state index is 0.0123. The molecule has 0 bridgehead atoms. The third kappa shape index (κ3) is 1.50. The Labute approximate surface area is 65.5 Å². The van der Waals surface area contributed by atoms with Crippen LogP contribution in [0.25, 0.3) is 0 Å². The highest BCUT2D eigenvalue weighted by atomic mass is 32.1. The molecule has 1 aliphatic rings. The van der Waals surface area contributed by atoms with Crippen molar-refractivity contribution in [1.29, 1.82) is 0 Å². The molecule has 0 unspecified atom stereocenters. The molecule has 0 aromatic rings. The Hall–Kier alpha value is -0.510. The third-order valence-electron chi connectivity index (χ3n) is 1.32. The van der Waals surface area contributed by atoms with Crippen LogP contribution in [0.1, 0.15) is 13.8 Å². The molecule has 0 saturated heterocycles. The van der Waals surface area contributed by atoms with Crippen molar-refractivity contribution in [1.82, 2.24) is 5.01 Å². The van der Waals surface area contributed by atoms with E-state index in [0.29, 0.717) is 6.54 Å². The van der Waals surface area contributed by atoms with E-state index in [1.165, 1.54) is 5.01 Å². The molecule has 56 valence electrons. The Morgan fingerprint density at radius 1 is 1.80 bits per heavy atom. The van der Waals surface area contributed by atoms with Gasteiger partial charge in [0.25, 0.3) is 5.24 Å². The average Bonchev–Trinajstić information content (AvgIpc) is 2.10. The van der Waals surface area contributed by atoms with Crippen LogP contribution < -0.4 is 0 Å². The quantitative estimate of drug-likeness (QED) is 0.530. The van der Waals surface area contributed by atoms with Crippen LogP contribution in [0.3, 0.4) is 0 Å². The van der Waals surface area contributed by atoms with E-state index in [2.05, 4.69) is 17.7 Å². The molecule has 1 aliphatic heterocycles. The van der Waals surface area contributed by atoms with Crippen LogP contribution in [0.2, 0.25) is 0 Å². The van der Waals surface area contributed by atoms with Gasteiger partial charge < -0.3 is 0 Å². The van der Waals surface area contributed by atoms with Crippen molar-refractivity contribution in [3.05, 3.63) is 0 Å². The summed E-state index contributed by atoms with van der Waals surface area (Å²) in [6.07, 6.45) is 1.76. The van der Waals surface area contributed by atoms with E-state index in [1.807, 2.05) is 13.8 Å². The minimum Gasteiger partial charge on any atom is -0.260 e. The molecule has 1 rings (SSSR count). The largest absolute Gasteiger partial charge is 0.298 e. The highest BCUT2D eigenvalue weighted by Gasteiger charge is 2.27. The normalized spacial score (nSPS) is 21.7. The van der Waals surface area contributed by atoms with Gasteiger partial charge in [0, 0.05) is 11.6 Å². The number of hydrazone groups is 1. The summed E-state index contributed by atoms with van der Waals surface area (Å²) < 4.78 is 0. The maximum atomic E-state index is 10.6. The summed E-state index contributed by atoms with van der Waals surface area (Å²) in [4.78, 5) is 10.6. The van der Waals surface area contributed by atoms with Crippen molar-refractivity contribution in [2.45, 2.75) is 13.8 Å². The van der Waals surface area contributed by atoms with Gasteiger partial charge in [-0.2, -0.15) is 5.10 Å². The summed E-state index contributed by atoms with van der Waals surface area (Å²) in [5, 5.41) is 4.93. The van der Waals surface area contributed by atoms with E-state index in [-0.39, 0.29) is 10.7 Å². The second kappa shape index (κ2) is 2.27. The maximum absolute atomic E-state index is 10.6. The molecule has 1 heterocycles. The molecule has 0 aromatic heterocycles. The minimum atomic E-state index is -0.290. The van der Waals surface area contributed by atoms with E-state index in [1.54, 1.807) is 6.21 Å². The van der Waals surface area contributed by atoms with Gasteiger partial charge in [0.1, 0.15) is 0 Å². The first-order valence-corrected chi connectivity index (χ1v) is 3.52. The molecule has 0 saturated carbocycles. The molecule has 0 aliphatic carbocycles. The standard InChI is InChI=1S/C6H10N2OS/c1-6(2)3-7-8(4-6)5(9)10/h3H,4H2,1-2H3,(H,9,10). The highest BCUT2D eigenvalue weighted by Crippen LogP contribution is 2.21. The van der Waals surface area contributed by atoms with Crippen LogP contribution in [0, 0.1) is 5.41 Å². The van der Waals surface area contributed by atoms with Gasteiger partial charge >= 0.3 is 0 Å². The van der Waals surface area contributed by atoms with Crippen molar-refractivity contribution in [3.63, 3.8) is 0 Å². The van der Waals surface area contributed by atoms with Crippen molar-refractivity contribution in [3.8, 4) is 0 Å². The molecule has 0 fully saturated rings. The van der Waals surface area contributed by atoms with Gasteiger partial charge in [-0.3, -0.25) is 4.79 Å². The molecule has 0 N–H and O–H groups in total. The Morgan fingerprint density at radius 2 is 2.40 bits per heavy atom. The molecule has 0 aromatic carbocycles. The SMILES string of the molecule is CC1(C)C=NN(C(=O)S)C1. The van der Waals surface area contributed by atoms with Gasteiger partial charge in [-0.25, -0.2) is 5.01 Å².